The molecule has 0 saturated carbocycles. The molecule has 4 nitrogen and oxygen atoms in total. The molecule has 4 aromatic rings. The van der Waals surface area contributed by atoms with E-state index >= 15 is 0 Å². The number of aromatic nitrogens is 2. The molecule has 0 fully saturated rings. The summed E-state index contributed by atoms with van der Waals surface area (Å²) >= 11 is 6.94. The average molecular weight is 545 g/mol. The number of nitrogens with zero attached hydrogens (tertiary/aromatic N) is 2. The molecule has 0 aliphatic carbocycles. The SMILES string of the molecule is N#C/C(=C/c1cc(Br)c(OCc2ccccc2F)c(Br)c1)c1nc2ccc(F)cc2[nH]1. The molecule has 1 aromatic heterocycles. The molecule has 0 spiro atoms. The monoisotopic (exact) mass is 543 g/mol. The number of fused-ring (bicyclic) bond motifs is 1. The Hall–Kier alpha value is -3.02. The van der Waals surface area contributed by atoms with Crippen LogP contribution in [0.5, 0.6) is 5.75 Å². The lowest BCUT2D eigenvalue weighted by molar-refractivity contribution is 0.296. The molecule has 3 aromatic carbocycles. The summed E-state index contributed by atoms with van der Waals surface area (Å²) in [5.41, 5.74) is 2.51. The van der Waals surface area contributed by atoms with Gasteiger partial charge in [-0.05, 0) is 79.9 Å². The molecule has 0 amide bonds. The highest BCUT2D eigenvalue weighted by Gasteiger charge is 2.13. The Balaban J connectivity index is 1.62. The normalized spacial score (nSPS) is 11.5. The number of hydrogen-bond acceptors (Lipinski definition) is 3. The number of halogens is 4. The van der Waals surface area contributed by atoms with Crippen molar-refractivity contribution in [2.24, 2.45) is 0 Å². The van der Waals surface area contributed by atoms with Crippen molar-refractivity contribution in [2.75, 3.05) is 0 Å². The van der Waals surface area contributed by atoms with Crippen LogP contribution in [0.25, 0.3) is 22.7 Å². The number of ether oxygens (including phenoxy) is 1. The largest absolute Gasteiger partial charge is 0.486 e. The lowest BCUT2D eigenvalue weighted by Gasteiger charge is -2.12. The molecule has 0 unspecified atom stereocenters. The van der Waals surface area contributed by atoms with Crippen LogP contribution >= 0.6 is 31.9 Å². The quantitative estimate of drug-likeness (QED) is 0.275. The predicted octanol–water partition coefficient (Wildman–Crippen LogP) is 7.01. The lowest BCUT2D eigenvalue weighted by Crippen LogP contribution is -1.99. The summed E-state index contributed by atoms with van der Waals surface area (Å²) in [6.07, 6.45) is 1.66. The van der Waals surface area contributed by atoms with E-state index in [-0.39, 0.29) is 23.8 Å². The van der Waals surface area contributed by atoms with E-state index in [1.807, 2.05) is 0 Å². The number of nitriles is 1. The highest BCUT2D eigenvalue weighted by molar-refractivity contribution is 9.11. The Kier molecular flexibility index (Phi) is 6.16. The van der Waals surface area contributed by atoms with Crippen molar-refractivity contribution in [3.8, 4) is 11.8 Å². The molecule has 0 aliphatic rings. The molecule has 0 bridgehead atoms. The van der Waals surface area contributed by atoms with Crippen molar-refractivity contribution >= 4 is 54.5 Å². The zero-order valence-corrected chi connectivity index (χ0v) is 19.0. The molecular weight excluding hydrogens is 532 g/mol. The van der Waals surface area contributed by atoms with Gasteiger partial charge in [-0.2, -0.15) is 5.26 Å². The minimum absolute atomic E-state index is 0.0675. The first kappa shape index (κ1) is 21.2. The van der Waals surface area contributed by atoms with Crippen molar-refractivity contribution in [1.29, 1.82) is 5.26 Å². The number of hydrogen-bond donors (Lipinski definition) is 1. The van der Waals surface area contributed by atoms with E-state index in [9.17, 15) is 14.0 Å². The minimum atomic E-state index is -0.385. The summed E-state index contributed by atoms with van der Waals surface area (Å²) in [6, 6.07) is 16.3. The highest BCUT2D eigenvalue weighted by atomic mass is 79.9. The van der Waals surface area contributed by atoms with E-state index in [1.54, 1.807) is 42.5 Å². The van der Waals surface area contributed by atoms with Crippen LogP contribution in [0, 0.1) is 23.0 Å². The van der Waals surface area contributed by atoms with Crippen molar-refractivity contribution in [2.45, 2.75) is 6.61 Å². The number of aromatic amines is 1. The third kappa shape index (κ3) is 4.68. The van der Waals surface area contributed by atoms with Gasteiger partial charge in [0.05, 0.1) is 25.6 Å². The van der Waals surface area contributed by atoms with Gasteiger partial charge in [-0.1, -0.05) is 18.2 Å². The van der Waals surface area contributed by atoms with Crippen molar-refractivity contribution in [3.05, 3.63) is 92.1 Å². The maximum Gasteiger partial charge on any atom is 0.149 e. The smallest absolute Gasteiger partial charge is 0.149 e. The zero-order valence-electron chi connectivity index (χ0n) is 15.8. The van der Waals surface area contributed by atoms with Gasteiger partial charge in [0.2, 0.25) is 0 Å². The fraction of sp³-hybridized carbons (Fsp3) is 0.0435. The number of allylic oxidation sites excluding steroid dienone is 1. The number of nitrogens with one attached hydrogen (secondary N) is 1. The van der Waals surface area contributed by atoms with Gasteiger partial charge in [0.25, 0.3) is 0 Å². The van der Waals surface area contributed by atoms with Crippen LogP contribution in [-0.2, 0) is 6.61 Å². The van der Waals surface area contributed by atoms with Crippen molar-refractivity contribution in [1.82, 2.24) is 9.97 Å². The first-order valence-electron chi connectivity index (χ1n) is 9.07. The Morgan fingerprint density at radius 3 is 2.55 bits per heavy atom. The number of rotatable bonds is 5. The predicted molar refractivity (Wildman–Crippen MR) is 122 cm³/mol. The Labute approximate surface area is 193 Å². The molecule has 154 valence electrons. The maximum atomic E-state index is 13.8. The standard InChI is InChI=1S/C23H13Br2F2N3O/c24-17-8-13(9-18(25)22(17)31-12-14-3-1-2-4-19(14)27)7-15(11-28)23-29-20-6-5-16(26)10-21(20)30-23/h1-10H,12H2,(H,29,30)/b15-7-. The van der Waals surface area contributed by atoms with Gasteiger partial charge in [0.1, 0.15) is 35.9 Å². The summed E-state index contributed by atoms with van der Waals surface area (Å²) in [6.45, 7) is 0.0675. The van der Waals surface area contributed by atoms with Gasteiger partial charge in [-0.15, -0.1) is 0 Å². The second kappa shape index (κ2) is 9.00. The van der Waals surface area contributed by atoms with Crippen molar-refractivity contribution in [3.63, 3.8) is 0 Å². The third-order valence-electron chi connectivity index (χ3n) is 4.48. The highest BCUT2D eigenvalue weighted by Crippen LogP contribution is 2.36. The van der Waals surface area contributed by atoms with Gasteiger partial charge in [0, 0.05) is 5.56 Å². The molecule has 0 radical (unpaired) electrons. The molecule has 0 atom stereocenters. The summed E-state index contributed by atoms with van der Waals surface area (Å²) in [4.78, 5) is 7.32. The van der Waals surface area contributed by atoms with E-state index in [2.05, 4.69) is 47.9 Å². The summed E-state index contributed by atoms with van der Waals surface area (Å²) < 4.78 is 34.3. The molecule has 31 heavy (non-hydrogen) atoms. The van der Waals surface area contributed by atoms with Gasteiger partial charge >= 0.3 is 0 Å². The molecule has 1 heterocycles. The van der Waals surface area contributed by atoms with Gasteiger partial charge < -0.3 is 9.72 Å². The lowest BCUT2D eigenvalue weighted by atomic mass is 10.1. The van der Waals surface area contributed by atoms with E-state index in [0.717, 1.165) is 0 Å². The number of imidazole rings is 1. The van der Waals surface area contributed by atoms with E-state index < -0.39 is 0 Å². The van der Waals surface area contributed by atoms with Gasteiger partial charge in [0.15, 0.2) is 0 Å². The minimum Gasteiger partial charge on any atom is -0.486 e. The average Bonchev–Trinajstić information content (AvgIpc) is 3.15. The van der Waals surface area contributed by atoms with Gasteiger partial charge in [-0.3, -0.25) is 0 Å². The first-order chi connectivity index (χ1) is 14.9. The van der Waals surface area contributed by atoms with Crippen LogP contribution in [-0.4, -0.2) is 9.97 Å². The zero-order chi connectivity index (χ0) is 22.0. The topological polar surface area (TPSA) is 61.7 Å². The van der Waals surface area contributed by atoms with E-state index in [4.69, 9.17) is 4.74 Å². The van der Waals surface area contributed by atoms with Crippen LogP contribution in [0.2, 0.25) is 0 Å². The molecule has 4 rings (SSSR count). The fourth-order valence-corrected chi connectivity index (χ4v) is 4.45. The Bertz CT molecular complexity index is 1340. The number of H-pyrrole nitrogens is 1. The van der Waals surface area contributed by atoms with Crippen LogP contribution in [0.1, 0.15) is 17.0 Å². The van der Waals surface area contributed by atoms with E-state index in [1.165, 1.54) is 18.2 Å². The molecular formula is C23H13Br2F2N3O. The summed E-state index contributed by atoms with van der Waals surface area (Å²) in [5, 5.41) is 9.61. The molecule has 8 heteroatoms. The molecule has 0 saturated heterocycles. The van der Waals surface area contributed by atoms with Gasteiger partial charge in [-0.25, -0.2) is 13.8 Å². The summed E-state index contributed by atoms with van der Waals surface area (Å²) in [5.74, 6) is 0.135. The second-order valence-electron chi connectivity index (χ2n) is 6.61. The molecule has 0 aliphatic heterocycles. The second-order valence-corrected chi connectivity index (χ2v) is 8.32. The van der Waals surface area contributed by atoms with Crippen LogP contribution in [0.4, 0.5) is 8.78 Å². The Morgan fingerprint density at radius 1 is 1.10 bits per heavy atom. The third-order valence-corrected chi connectivity index (χ3v) is 5.66. The van der Waals surface area contributed by atoms with Crippen molar-refractivity contribution < 1.29 is 13.5 Å². The summed E-state index contributed by atoms with van der Waals surface area (Å²) in [7, 11) is 0. The Morgan fingerprint density at radius 2 is 1.84 bits per heavy atom. The maximum absolute atomic E-state index is 13.8. The molecule has 1 N–H and O–H groups in total. The van der Waals surface area contributed by atoms with E-state index in [0.29, 0.717) is 42.7 Å². The van der Waals surface area contributed by atoms with Crippen LogP contribution in [0.15, 0.2) is 63.5 Å². The fourth-order valence-electron chi connectivity index (χ4n) is 3.00. The van der Waals surface area contributed by atoms with Crippen LogP contribution in [0.3, 0.4) is 0 Å². The first-order valence-corrected chi connectivity index (χ1v) is 10.7. The van der Waals surface area contributed by atoms with Crippen LogP contribution < -0.4 is 4.74 Å². The number of benzene rings is 3.